The van der Waals surface area contributed by atoms with Crippen LogP contribution < -0.4 is 10.6 Å². The van der Waals surface area contributed by atoms with Crippen LogP contribution in [0.15, 0.2) is 22.8 Å². The van der Waals surface area contributed by atoms with Gasteiger partial charge in [0.05, 0.1) is 19.4 Å². The zero-order valence-electron chi connectivity index (χ0n) is 14.9. The molecule has 0 saturated carbocycles. The van der Waals surface area contributed by atoms with Crippen molar-refractivity contribution in [1.82, 2.24) is 20.4 Å². The normalized spacial score (nSPS) is 27.9. The second kappa shape index (κ2) is 8.70. The van der Waals surface area contributed by atoms with Crippen molar-refractivity contribution in [1.29, 1.82) is 0 Å². The lowest BCUT2D eigenvalue weighted by molar-refractivity contribution is -0.00652. The first-order valence-electron chi connectivity index (χ1n) is 9.06. The van der Waals surface area contributed by atoms with E-state index < -0.39 is 0 Å². The maximum absolute atomic E-state index is 5.42. The number of hydrogen-bond acceptors (Lipinski definition) is 4. The van der Waals surface area contributed by atoms with Crippen molar-refractivity contribution in [3.63, 3.8) is 0 Å². The van der Waals surface area contributed by atoms with Crippen LogP contribution in [-0.4, -0.2) is 60.7 Å². The van der Waals surface area contributed by atoms with Gasteiger partial charge in [-0.05, 0) is 62.6 Å². The monoisotopic (exact) mass is 360 g/mol. The Morgan fingerprint density at radius 2 is 2.40 bits per heavy atom. The molecular weight excluding hydrogens is 332 g/mol. The summed E-state index contributed by atoms with van der Waals surface area (Å²) in [5, 5.41) is 7.27. The second-order valence-electron chi connectivity index (χ2n) is 7.24. The summed E-state index contributed by atoms with van der Waals surface area (Å²) in [5.74, 6) is 5.18. The lowest BCUT2D eigenvalue weighted by atomic mass is 9.75. The predicted molar refractivity (Wildman–Crippen MR) is 104 cm³/mol. The fourth-order valence-corrected chi connectivity index (χ4v) is 4.30. The van der Waals surface area contributed by atoms with Crippen molar-refractivity contribution in [3.05, 3.63) is 24.2 Å². The molecule has 4 atom stereocenters. The molecule has 1 aromatic rings. The molecule has 4 unspecified atom stereocenters. The second-order valence-corrected chi connectivity index (χ2v) is 7.65. The predicted octanol–water partition coefficient (Wildman–Crippen LogP) is 1.52. The van der Waals surface area contributed by atoms with Gasteiger partial charge in [0.2, 0.25) is 0 Å². The molecule has 3 saturated heterocycles. The molecule has 2 bridgehead atoms. The Labute approximate surface area is 156 Å². The molecule has 0 radical (unpaired) electrons. The molecule has 3 aliphatic rings. The van der Waals surface area contributed by atoms with Gasteiger partial charge in [0, 0.05) is 25.7 Å². The summed E-state index contributed by atoms with van der Waals surface area (Å²) in [6.45, 7) is 5.77. The molecule has 4 rings (SSSR count). The maximum Gasteiger partial charge on any atom is 0.166 e. The van der Waals surface area contributed by atoms with Crippen LogP contribution in [0.3, 0.4) is 0 Å². The van der Waals surface area contributed by atoms with Crippen LogP contribution in [0.5, 0.6) is 0 Å². The zero-order chi connectivity index (χ0) is 17.6. The van der Waals surface area contributed by atoms with E-state index in [-0.39, 0.29) is 0 Å². The minimum Gasteiger partial charge on any atom is -0.467 e. The van der Waals surface area contributed by atoms with E-state index in [0.29, 0.717) is 17.7 Å². The maximum atomic E-state index is 5.42. The van der Waals surface area contributed by atoms with Crippen molar-refractivity contribution < 1.29 is 4.42 Å². The number of rotatable bonds is 7. The quantitative estimate of drug-likeness (QED) is 0.568. The van der Waals surface area contributed by atoms with Crippen molar-refractivity contribution >= 4 is 17.3 Å². The highest BCUT2D eigenvalue weighted by molar-refractivity contribution is 7.80. The smallest absolute Gasteiger partial charge is 0.166 e. The summed E-state index contributed by atoms with van der Waals surface area (Å²) >= 11 is 5.38. The van der Waals surface area contributed by atoms with E-state index in [1.165, 1.54) is 25.9 Å². The van der Waals surface area contributed by atoms with Gasteiger partial charge in [0.1, 0.15) is 5.76 Å². The number of hydrogen-bond donors (Lipinski definition) is 2. The Hall–Kier alpha value is -1.55. The SMILES string of the molecule is C#CCN(C)CC1CN2CCC1CC2CNC(=S)NCc1ccco1. The van der Waals surface area contributed by atoms with Gasteiger partial charge in [-0.1, -0.05) is 5.92 Å². The average Bonchev–Trinajstić information content (AvgIpc) is 3.13. The fraction of sp³-hybridized carbons (Fsp3) is 0.632. The van der Waals surface area contributed by atoms with E-state index in [1.54, 1.807) is 6.26 Å². The summed E-state index contributed by atoms with van der Waals surface area (Å²) in [5.41, 5.74) is 0. The van der Waals surface area contributed by atoms with E-state index in [1.807, 2.05) is 12.1 Å². The number of piperidine rings is 3. The van der Waals surface area contributed by atoms with E-state index in [4.69, 9.17) is 23.1 Å². The molecule has 1 aromatic heterocycles. The Morgan fingerprint density at radius 3 is 3.08 bits per heavy atom. The molecule has 2 N–H and O–H groups in total. The van der Waals surface area contributed by atoms with Crippen LogP contribution in [0.25, 0.3) is 0 Å². The van der Waals surface area contributed by atoms with Gasteiger partial charge < -0.3 is 15.1 Å². The van der Waals surface area contributed by atoms with Crippen LogP contribution in [0.4, 0.5) is 0 Å². The molecule has 25 heavy (non-hydrogen) atoms. The highest BCUT2D eigenvalue weighted by atomic mass is 32.1. The molecule has 0 amide bonds. The molecular formula is C19H28N4OS. The summed E-state index contributed by atoms with van der Waals surface area (Å²) in [7, 11) is 2.12. The third kappa shape index (κ3) is 4.97. The van der Waals surface area contributed by atoms with E-state index in [9.17, 15) is 0 Å². The summed E-state index contributed by atoms with van der Waals surface area (Å²) < 4.78 is 5.30. The summed E-state index contributed by atoms with van der Waals surface area (Å²) in [6, 6.07) is 4.41. The molecule has 6 heteroatoms. The Bertz CT molecular complexity index is 597. The van der Waals surface area contributed by atoms with Crippen molar-refractivity contribution in [2.45, 2.75) is 25.4 Å². The Morgan fingerprint density at radius 1 is 1.52 bits per heavy atom. The molecule has 0 aliphatic carbocycles. The van der Waals surface area contributed by atoms with Crippen LogP contribution in [0, 0.1) is 24.2 Å². The highest BCUT2D eigenvalue weighted by Crippen LogP contribution is 2.36. The van der Waals surface area contributed by atoms with Gasteiger partial charge in [-0.3, -0.25) is 9.80 Å². The molecule has 5 nitrogen and oxygen atoms in total. The van der Waals surface area contributed by atoms with E-state index >= 15 is 0 Å². The number of fused-ring (bicyclic) bond motifs is 3. The Balaban J connectivity index is 1.40. The third-order valence-electron chi connectivity index (χ3n) is 5.42. The van der Waals surface area contributed by atoms with Crippen LogP contribution >= 0.6 is 12.2 Å². The summed E-state index contributed by atoms with van der Waals surface area (Å²) in [4.78, 5) is 4.89. The minimum absolute atomic E-state index is 0.580. The Kier molecular flexibility index (Phi) is 6.35. The number of nitrogens with one attached hydrogen (secondary N) is 2. The van der Waals surface area contributed by atoms with Crippen molar-refractivity contribution in [2.75, 3.05) is 39.8 Å². The number of terminal acetylenes is 1. The molecule has 3 fully saturated rings. The first-order chi connectivity index (χ1) is 12.2. The standard InChI is InChI=1S/C19H28N4OS/c1-3-7-22(2)13-16-14-23-8-6-15(16)10-17(23)11-20-19(25)21-12-18-5-4-9-24-18/h1,4-5,9,15-17H,6-8,10-14H2,2H3,(H2,20,21,25). The molecule has 0 spiro atoms. The van der Waals surface area contributed by atoms with Gasteiger partial charge in [0.25, 0.3) is 0 Å². The van der Waals surface area contributed by atoms with Crippen LogP contribution in [0.1, 0.15) is 18.6 Å². The first-order valence-corrected chi connectivity index (χ1v) is 9.46. The number of nitrogens with zero attached hydrogens (tertiary/aromatic N) is 2. The van der Waals surface area contributed by atoms with Gasteiger partial charge in [-0.2, -0.15) is 0 Å². The molecule has 3 aliphatic heterocycles. The van der Waals surface area contributed by atoms with E-state index in [0.717, 1.165) is 37.2 Å². The lowest BCUT2D eigenvalue weighted by Crippen LogP contribution is -2.58. The van der Waals surface area contributed by atoms with Gasteiger partial charge in [-0.15, -0.1) is 6.42 Å². The third-order valence-corrected chi connectivity index (χ3v) is 5.71. The lowest BCUT2D eigenvalue weighted by Gasteiger charge is -2.50. The topological polar surface area (TPSA) is 43.7 Å². The van der Waals surface area contributed by atoms with Gasteiger partial charge in [0.15, 0.2) is 5.11 Å². The molecule has 0 aromatic carbocycles. The van der Waals surface area contributed by atoms with E-state index in [2.05, 4.69) is 33.4 Å². The van der Waals surface area contributed by atoms with Gasteiger partial charge in [-0.25, -0.2) is 0 Å². The van der Waals surface area contributed by atoms with Gasteiger partial charge >= 0.3 is 0 Å². The molecule has 4 heterocycles. The zero-order valence-corrected chi connectivity index (χ0v) is 15.7. The fourth-order valence-electron chi connectivity index (χ4n) is 4.14. The summed E-state index contributed by atoms with van der Waals surface area (Å²) in [6.07, 6.45) is 9.66. The largest absolute Gasteiger partial charge is 0.467 e. The average molecular weight is 361 g/mol. The minimum atomic E-state index is 0.580. The van der Waals surface area contributed by atoms with Crippen molar-refractivity contribution in [3.8, 4) is 12.3 Å². The van der Waals surface area contributed by atoms with Crippen molar-refractivity contribution in [2.24, 2.45) is 11.8 Å². The van der Waals surface area contributed by atoms with Crippen LogP contribution in [-0.2, 0) is 6.54 Å². The molecule has 136 valence electrons. The first kappa shape index (κ1) is 18.2. The number of furan rings is 1. The van der Waals surface area contributed by atoms with Crippen LogP contribution in [0.2, 0.25) is 0 Å². The highest BCUT2D eigenvalue weighted by Gasteiger charge is 2.40. The number of thiocarbonyl (C=S) groups is 1.